The van der Waals surface area contributed by atoms with Crippen molar-refractivity contribution in [1.29, 1.82) is 0 Å². The van der Waals surface area contributed by atoms with E-state index in [-0.39, 0.29) is 16.6 Å². The van der Waals surface area contributed by atoms with Gasteiger partial charge in [0.15, 0.2) is 5.11 Å². The van der Waals surface area contributed by atoms with Crippen LogP contribution in [-0.2, 0) is 4.79 Å². The molecule has 1 aliphatic heterocycles. The maximum Gasteiger partial charge on any atom is 0.259 e. The van der Waals surface area contributed by atoms with E-state index in [1.807, 2.05) is 31.2 Å². The van der Waals surface area contributed by atoms with Crippen molar-refractivity contribution < 1.29 is 14.0 Å². The first-order valence-corrected chi connectivity index (χ1v) is 8.86. The van der Waals surface area contributed by atoms with E-state index in [1.165, 1.54) is 24.1 Å². The largest absolute Gasteiger partial charge is 0.355 e. The summed E-state index contributed by atoms with van der Waals surface area (Å²) in [5, 5.41) is 2.66. The molecule has 3 rings (SSSR count). The van der Waals surface area contributed by atoms with Crippen molar-refractivity contribution in [2.75, 3.05) is 16.8 Å². The molecule has 0 radical (unpaired) electrons. The van der Waals surface area contributed by atoms with Gasteiger partial charge in [-0.1, -0.05) is 12.1 Å². The molecule has 1 N–H and O–H groups in total. The Bertz CT molecular complexity index is 958. The zero-order valence-electron chi connectivity index (χ0n) is 15.5. The lowest BCUT2D eigenvalue weighted by molar-refractivity contribution is -0.120. The maximum absolute atomic E-state index is 14.5. The Morgan fingerprint density at radius 3 is 2.44 bits per heavy atom. The molecular formula is C20H20FN3O2S. The molecule has 1 saturated heterocycles. The van der Waals surface area contributed by atoms with E-state index in [1.54, 1.807) is 24.8 Å². The molecule has 0 atom stereocenters. The van der Waals surface area contributed by atoms with Crippen LogP contribution >= 0.6 is 12.2 Å². The Morgan fingerprint density at radius 2 is 1.85 bits per heavy atom. The van der Waals surface area contributed by atoms with Crippen LogP contribution in [0.5, 0.6) is 0 Å². The number of hydrogen-bond donors (Lipinski definition) is 1. The zero-order valence-corrected chi connectivity index (χ0v) is 16.4. The van der Waals surface area contributed by atoms with E-state index in [2.05, 4.69) is 5.32 Å². The van der Waals surface area contributed by atoms with Crippen LogP contribution in [0.25, 0.3) is 0 Å². The summed E-state index contributed by atoms with van der Waals surface area (Å²) in [6, 6.07) is 11.7. The van der Waals surface area contributed by atoms with Gasteiger partial charge in [-0.2, -0.15) is 0 Å². The van der Waals surface area contributed by atoms with Crippen molar-refractivity contribution >= 4 is 40.5 Å². The van der Waals surface area contributed by atoms with Crippen molar-refractivity contribution in [2.45, 2.75) is 26.3 Å². The average molecular weight is 385 g/mol. The molecule has 1 aliphatic rings. The SMILES string of the molecule is CNC(=O)c1ccc(N2C(=S)N(c3cccc(C)c3)C(=O)C2(C)C)cc1F. The highest BCUT2D eigenvalue weighted by Gasteiger charge is 2.50. The Hall–Kier alpha value is -2.80. The predicted molar refractivity (Wildman–Crippen MR) is 108 cm³/mol. The Morgan fingerprint density at radius 1 is 1.15 bits per heavy atom. The quantitative estimate of drug-likeness (QED) is 0.823. The summed E-state index contributed by atoms with van der Waals surface area (Å²) in [6.07, 6.45) is 0. The zero-order chi connectivity index (χ0) is 19.9. The van der Waals surface area contributed by atoms with E-state index in [0.29, 0.717) is 11.4 Å². The molecule has 2 aromatic carbocycles. The number of nitrogens with one attached hydrogen (secondary N) is 1. The summed E-state index contributed by atoms with van der Waals surface area (Å²) in [5.74, 6) is -1.39. The van der Waals surface area contributed by atoms with Crippen LogP contribution in [0.3, 0.4) is 0 Å². The summed E-state index contributed by atoms with van der Waals surface area (Å²) in [5.41, 5.74) is 1.02. The molecule has 5 nitrogen and oxygen atoms in total. The number of nitrogens with zero attached hydrogens (tertiary/aromatic N) is 2. The number of thiocarbonyl (C=S) groups is 1. The smallest absolute Gasteiger partial charge is 0.259 e. The number of aryl methyl sites for hydroxylation is 1. The third-order valence-corrected chi connectivity index (χ3v) is 4.98. The molecule has 0 bridgehead atoms. The van der Waals surface area contributed by atoms with Crippen LogP contribution in [-0.4, -0.2) is 29.5 Å². The number of anilines is 2. The molecule has 1 fully saturated rings. The van der Waals surface area contributed by atoms with Gasteiger partial charge in [0.05, 0.1) is 11.3 Å². The number of halogens is 1. The lowest BCUT2D eigenvalue weighted by Crippen LogP contribution is -2.44. The lowest BCUT2D eigenvalue weighted by Gasteiger charge is -2.29. The number of carbonyl (C=O) groups excluding carboxylic acids is 2. The molecule has 2 amide bonds. The number of carbonyl (C=O) groups is 2. The Balaban J connectivity index is 2.06. The van der Waals surface area contributed by atoms with Gasteiger partial charge in [0.2, 0.25) is 0 Å². The van der Waals surface area contributed by atoms with Gasteiger partial charge in [-0.05, 0) is 68.9 Å². The van der Waals surface area contributed by atoms with Gasteiger partial charge in [-0.25, -0.2) is 4.39 Å². The van der Waals surface area contributed by atoms with Gasteiger partial charge in [0.1, 0.15) is 11.4 Å². The Labute approximate surface area is 162 Å². The van der Waals surface area contributed by atoms with Gasteiger partial charge < -0.3 is 10.2 Å². The maximum atomic E-state index is 14.5. The van der Waals surface area contributed by atoms with Crippen LogP contribution in [0.1, 0.15) is 29.8 Å². The molecule has 7 heteroatoms. The van der Waals surface area contributed by atoms with E-state index in [4.69, 9.17) is 12.2 Å². The van der Waals surface area contributed by atoms with Crippen LogP contribution in [0.15, 0.2) is 42.5 Å². The lowest BCUT2D eigenvalue weighted by atomic mass is 10.0. The van der Waals surface area contributed by atoms with Gasteiger partial charge in [0.25, 0.3) is 11.8 Å². The molecule has 0 spiro atoms. The summed E-state index contributed by atoms with van der Waals surface area (Å²) in [7, 11) is 1.44. The summed E-state index contributed by atoms with van der Waals surface area (Å²) >= 11 is 5.58. The minimum absolute atomic E-state index is 0.0639. The molecule has 27 heavy (non-hydrogen) atoms. The van der Waals surface area contributed by atoms with Crippen molar-refractivity contribution in [3.63, 3.8) is 0 Å². The second kappa shape index (κ2) is 6.74. The number of amides is 2. The molecule has 2 aromatic rings. The van der Waals surface area contributed by atoms with Crippen LogP contribution in [0, 0.1) is 12.7 Å². The minimum Gasteiger partial charge on any atom is -0.355 e. The molecule has 0 unspecified atom stereocenters. The number of rotatable bonds is 3. The summed E-state index contributed by atoms with van der Waals surface area (Å²) in [6.45, 7) is 5.41. The first-order valence-electron chi connectivity index (χ1n) is 8.45. The molecule has 0 saturated carbocycles. The van der Waals surface area contributed by atoms with Gasteiger partial charge in [-0.15, -0.1) is 0 Å². The molecule has 140 valence electrons. The third kappa shape index (κ3) is 3.08. The van der Waals surface area contributed by atoms with Crippen LogP contribution in [0.2, 0.25) is 0 Å². The van der Waals surface area contributed by atoms with Gasteiger partial charge >= 0.3 is 0 Å². The first kappa shape index (κ1) is 19.0. The molecular weight excluding hydrogens is 365 g/mol. The molecule has 0 aliphatic carbocycles. The fourth-order valence-corrected chi connectivity index (χ4v) is 3.71. The van der Waals surface area contributed by atoms with E-state index >= 15 is 0 Å². The van der Waals surface area contributed by atoms with Crippen molar-refractivity contribution in [1.82, 2.24) is 5.32 Å². The van der Waals surface area contributed by atoms with Crippen LogP contribution in [0.4, 0.5) is 15.8 Å². The minimum atomic E-state index is -0.998. The fourth-order valence-electron chi connectivity index (χ4n) is 3.19. The molecule has 1 heterocycles. The van der Waals surface area contributed by atoms with E-state index < -0.39 is 17.3 Å². The number of hydrogen-bond acceptors (Lipinski definition) is 3. The standard InChI is InChI=1S/C20H20FN3O2S/c1-12-6-5-7-13(10-12)23-18(26)20(2,3)24(19(23)27)14-8-9-15(16(21)11-14)17(25)22-4/h5-11H,1-4H3,(H,22,25). The van der Waals surface area contributed by atoms with Crippen molar-refractivity contribution in [3.8, 4) is 0 Å². The highest BCUT2D eigenvalue weighted by atomic mass is 32.1. The van der Waals surface area contributed by atoms with Crippen molar-refractivity contribution in [2.24, 2.45) is 0 Å². The summed E-state index contributed by atoms with van der Waals surface area (Å²) in [4.78, 5) is 27.9. The second-order valence-corrected chi connectivity index (χ2v) is 7.26. The van der Waals surface area contributed by atoms with Crippen LogP contribution < -0.4 is 15.1 Å². The highest BCUT2D eigenvalue weighted by molar-refractivity contribution is 7.81. The number of benzene rings is 2. The van der Waals surface area contributed by atoms with Gasteiger partial charge in [0, 0.05) is 12.7 Å². The van der Waals surface area contributed by atoms with E-state index in [9.17, 15) is 14.0 Å². The Kier molecular flexibility index (Phi) is 4.73. The summed E-state index contributed by atoms with van der Waals surface area (Å²) < 4.78 is 14.5. The normalized spacial score (nSPS) is 16.0. The average Bonchev–Trinajstić information content (AvgIpc) is 2.79. The molecule has 0 aromatic heterocycles. The third-order valence-electron chi connectivity index (χ3n) is 4.61. The predicted octanol–water partition coefficient (Wildman–Crippen LogP) is 3.41. The van der Waals surface area contributed by atoms with Crippen molar-refractivity contribution in [3.05, 3.63) is 59.4 Å². The fraction of sp³-hybridized carbons (Fsp3) is 0.250. The highest BCUT2D eigenvalue weighted by Crippen LogP contribution is 2.37. The second-order valence-electron chi connectivity index (χ2n) is 6.90. The first-order chi connectivity index (χ1) is 12.7. The van der Waals surface area contributed by atoms with Gasteiger partial charge in [-0.3, -0.25) is 14.5 Å². The monoisotopic (exact) mass is 385 g/mol. The topological polar surface area (TPSA) is 52.7 Å². The van der Waals surface area contributed by atoms with E-state index in [0.717, 1.165) is 5.56 Å².